The van der Waals surface area contributed by atoms with Crippen LogP contribution in [0, 0.1) is 23.7 Å². The van der Waals surface area contributed by atoms with E-state index in [4.69, 9.17) is 16.6 Å². The summed E-state index contributed by atoms with van der Waals surface area (Å²) in [5.41, 5.74) is 11.2. The second-order valence-electron chi connectivity index (χ2n) is 25.1. The molecule has 0 spiro atoms. The number of hydrogen-bond donors (Lipinski definition) is 21. The van der Waals surface area contributed by atoms with E-state index in [1.807, 2.05) is 13.8 Å². The maximum atomic E-state index is 14.1. The molecule has 560 valence electrons. The molecule has 0 saturated heterocycles. The normalized spacial score (nSPS) is 15.7. The summed E-state index contributed by atoms with van der Waals surface area (Å²) >= 11 is 0. The largest absolute Gasteiger partial charge is 0.481 e. The van der Waals surface area contributed by atoms with Crippen LogP contribution in [0.3, 0.4) is 0 Å². The van der Waals surface area contributed by atoms with Crippen LogP contribution in [0.1, 0.15) is 141 Å². The zero-order valence-electron chi connectivity index (χ0n) is 57.9. The van der Waals surface area contributed by atoms with Crippen LogP contribution in [0.2, 0.25) is 0 Å². The molecule has 0 aliphatic rings. The molecule has 99 heavy (non-hydrogen) atoms. The van der Waals surface area contributed by atoms with Crippen molar-refractivity contribution in [3.8, 4) is 0 Å². The molecule has 0 unspecified atom stereocenters. The van der Waals surface area contributed by atoms with E-state index in [0.29, 0.717) is 12.8 Å². The summed E-state index contributed by atoms with van der Waals surface area (Å²) in [6.45, 7) is 16.9. The average molecular weight is 1420 g/mol. The Morgan fingerprint density at radius 2 is 0.747 bits per heavy atom. The highest BCUT2D eigenvalue weighted by Crippen LogP contribution is 2.13. The van der Waals surface area contributed by atoms with E-state index in [1.54, 1.807) is 27.7 Å². The number of aliphatic carboxylic acids is 3. The van der Waals surface area contributed by atoms with Gasteiger partial charge in [0.2, 0.25) is 88.6 Å². The molecule has 0 aromatic rings. The maximum Gasteiger partial charge on any atom is 0.325 e. The van der Waals surface area contributed by atoms with Gasteiger partial charge in [0.05, 0.1) is 44.3 Å². The summed E-state index contributed by atoms with van der Waals surface area (Å²) < 4.78 is 0. The molecule has 15 amide bonds. The van der Waals surface area contributed by atoms with Gasteiger partial charge >= 0.3 is 17.9 Å². The van der Waals surface area contributed by atoms with Gasteiger partial charge in [-0.15, -0.1) is 0 Å². The van der Waals surface area contributed by atoms with Crippen LogP contribution < -0.4 is 85.9 Å². The molecule has 0 aliphatic carbocycles. The zero-order chi connectivity index (χ0) is 76.5. The topological polar surface area (TPSA) is 629 Å². The Kier molecular flexibility index (Phi) is 40.0. The van der Waals surface area contributed by atoms with Crippen molar-refractivity contribution in [1.82, 2.24) is 74.4 Å². The number of carbonyl (C=O) groups excluding carboxylic acids is 15. The molecule has 0 rings (SSSR count). The minimum absolute atomic E-state index is 0.101. The van der Waals surface area contributed by atoms with Gasteiger partial charge in [0.1, 0.15) is 66.5 Å². The average Bonchev–Trinajstić information content (AvgIpc) is 1.04. The number of carboxylic acid groups (broad SMARTS) is 3. The lowest BCUT2D eigenvalue weighted by molar-refractivity contribution is -0.142. The minimum Gasteiger partial charge on any atom is -0.481 e. The van der Waals surface area contributed by atoms with Gasteiger partial charge in [-0.25, -0.2) is 0 Å². The predicted octanol–water partition coefficient (Wildman–Crippen LogP) is -7.70. The number of rotatable bonds is 46. The fourth-order valence-electron chi connectivity index (χ4n) is 8.89. The van der Waals surface area contributed by atoms with Gasteiger partial charge in [0.25, 0.3) is 0 Å². The van der Waals surface area contributed by atoms with E-state index < -0.39 is 261 Å². The lowest BCUT2D eigenvalue weighted by atomic mass is 9.98. The van der Waals surface area contributed by atoms with Crippen LogP contribution >= 0.6 is 0 Å². The van der Waals surface area contributed by atoms with E-state index in [9.17, 15) is 107 Å². The molecule has 0 aromatic carbocycles. The Balaban J connectivity index is 6.46. The summed E-state index contributed by atoms with van der Waals surface area (Å²) in [7, 11) is 0. The molecule has 0 bridgehead atoms. The van der Waals surface area contributed by atoms with E-state index in [1.165, 1.54) is 13.8 Å². The predicted molar refractivity (Wildman–Crippen MR) is 347 cm³/mol. The standard InChI is InChI=1S/C60H102N16O23/c1-14-28(8)46(73-41(81)23-64-51(89)34(61)19-25(2)3)56(94)65-24-42(82)74-47(32(12)77)59(97)75-45(27(6)7)57(95)72-37(20-26(4)5)54(92)71-38(21-44(85)86)55(93)70-35(15-17-39(62)79)52(90)67-30(10)50(88)69-36(16-18-43(83)84)53(91)76-48(33(13)78)58(96)68-29(9)49(87)63-22-40(80)66-31(11)60(98)99/h25-38,45-48,77-78H,14-24,61H2,1-13H3,(H2,62,79)(H,63,87)(H,64,89)(H,65,94)(H,66,80)(H,67,90)(H,68,96)(H,69,88)(H,70,93)(H,71,92)(H,72,95)(H,73,81)(H,74,82)(H,75,97)(H,76,91)(H,83,84)(H,85,86)(H,98,99)/t28-,29-,30-,31-,32+,33+,34-,35-,36-,37-,38-,45-,46-,47-,48-/m0/s1. The monoisotopic (exact) mass is 1410 g/mol. The van der Waals surface area contributed by atoms with Gasteiger partial charge in [-0.1, -0.05) is 61.8 Å². The lowest BCUT2D eigenvalue weighted by Crippen LogP contribution is -2.62. The number of nitrogens with two attached hydrogens (primary N) is 2. The SMILES string of the molecule is CC[C@H](C)[C@H](NC(=O)CNC(=O)[C@@H](N)CC(C)C)C(=O)NCC(=O)N[C@H](C(=O)N[C@H](C(=O)N[C@@H](CC(C)C)C(=O)N[C@@H](CC(=O)O)C(=O)N[C@@H](CCC(N)=O)C(=O)N[C@@H](C)C(=O)N[C@@H](CCC(=O)O)C(=O)N[C@H](C(=O)N[C@@H](C)C(=O)NCC(=O)N[C@@H](C)C(=O)O)[C@@H](C)O)C(C)C)[C@@H](C)O. The molecule has 23 N–H and O–H groups in total. The molecular formula is C60H102N16O23. The molecule has 0 radical (unpaired) electrons. The quantitative estimate of drug-likeness (QED) is 0.0269. The van der Waals surface area contributed by atoms with Crippen LogP contribution in [0.25, 0.3) is 0 Å². The molecular weight excluding hydrogens is 1310 g/mol. The highest BCUT2D eigenvalue weighted by atomic mass is 16.4. The number of aliphatic hydroxyl groups is 2. The van der Waals surface area contributed by atoms with Crippen molar-refractivity contribution in [1.29, 1.82) is 0 Å². The molecule has 0 fully saturated rings. The van der Waals surface area contributed by atoms with Crippen molar-refractivity contribution in [3.05, 3.63) is 0 Å². The summed E-state index contributed by atoms with van der Waals surface area (Å²) in [6.07, 6.45) is -6.67. The number of carboxylic acids is 3. The molecule has 0 heterocycles. The first kappa shape index (κ1) is 89.3. The fraction of sp³-hybridized carbons (Fsp3) is 0.700. The van der Waals surface area contributed by atoms with Crippen LogP contribution in [0.4, 0.5) is 0 Å². The summed E-state index contributed by atoms with van der Waals surface area (Å²) in [5, 5.41) is 81.3. The number of primary amides is 1. The molecule has 0 aliphatic heterocycles. The zero-order valence-corrected chi connectivity index (χ0v) is 57.9. The summed E-state index contributed by atoms with van der Waals surface area (Å²) in [6, 6.07) is -19.0. The highest BCUT2D eigenvalue weighted by molar-refractivity contribution is 6.00. The molecule has 15 atom stereocenters. The van der Waals surface area contributed by atoms with Crippen molar-refractivity contribution in [2.24, 2.45) is 35.1 Å². The second-order valence-corrected chi connectivity index (χ2v) is 25.1. The van der Waals surface area contributed by atoms with Crippen molar-refractivity contribution >= 4 is 107 Å². The first-order valence-corrected chi connectivity index (χ1v) is 32.0. The Labute approximate surface area is 572 Å². The molecule has 39 nitrogen and oxygen atoms in total. The number of amides is 15. The van der Waals surface area contributed by atoms with Crippen molar-refractivity contribution in [2.75, 3.05) is 19.6 Å². The van der Waals surface area contributed by atoms with E-state index in [2.05, 4.69) is 74.4 Å². The van der Waals surface area contributed by atoms with Crippen molar-refractivity contribution in [2.45, 2.75) is 226 Å². The first-order chi connectivity index (χ1) is 45.8. The van der Waals surface area contributed by atoms with Crippen LogP contribution in [0.15, 0.2) is 0 Å². The summed E-state index contributed by atoms with van der Waals surface area (Å²) in [5.74, 6) is -21.6. The van der Waals surface area contributed by atoms with Crippen LogP contribution in [-0.2, 0) is 86.3 Å². The third kappa shape index (κ3) is 34.9. The fourth-order valence-corrected chi connectivity index (χ4v) is 8.89. The Morgan fingerprint density at radius 1 is 0.364 bits per heavy atom. The van der Waals surface area contributed by atoms with Gasteiger partial charge < -0.3 is 111 Å². The van der Waals surface area contributed by atoms with E-state index in [0.717, 1.165) is 34.6 Å². The van der Waals surface area contributed by atoms with Gasteiger partial charge in [-0.3, -0.25) is 86.3 Å². The van der Waals surface area contributed by atoms with Gasteiger partial charge in [0, 0.05) is 12.8 Å². The number of aliphatic hydroxyl groups excluding tert-OH is 2. The van der Waals surface area contributed by atoms with Crippen LogP contribution in [-0.4, -0.2) is 236 Å². The smallest absolute Gasteiger partial charge is 0.325 e. The number of carbonyl (C=O) groups is 18. The molecule has 0 saturated carbocycles. The maximum absolute atomic E-state index is 14.1. The van der Waals surface area contributed by atoms with Gasteiger partial charge in [-0.2, -0.15) is 0 Å². The van der Waals surface area contributed by atoms with Crippen molar-refractivity contribution in [3.63, 3.8) is 0 Å². The first-order valence-electron chi connectivity index (χ1n) is 32.0. The van der Waals surface area contributed by atoms with Gasteiger partial charge in [0.15, 0.2) is 0 Å². The van der Waals surface area contributed by atoms with Crippen molar-refractivity contribution < 1.29 is 112 Å². The third-order valence-corrected chi connectivity index (χ3v) is 14.7. The Bertz CT molecular complexity index is 2870. The molecule has 0 aromatic heterocycles. The van der Waals surface area contributed by atoms with E-state index >= 15 is 0 Å². The Morgan fingerprint density at radius 3 is 1.22 bits per heavy atom. The van der Waals surface area contributed by atoms with E-state index in [-0.39, 0.29) is 12.3 Å². The summed E-state index contributed by atoms with van der Waals surface area (Å²) in [4.78, 5) is 233. The lowest BCUT2D eigenvalue weighted by Gasteiger charge is -2.29. The van der Waals surface area contributed by atoms with Gasteiger partial charge in [-0.05, 0) is 84.0 Å². The highest BCUT2D eigenvalue weighted by Gasteiger charge is 2.38. The number of nitrogens with one attached hydrogen (secondary N) is 14. The minimum atomic E-state index is -2.06. The second kappa shape index (κ2) is 44.3. The molecule has 39 heteroatoms. The number of hydrogen-bond acceptors (Lipinski definition) is 21. The van der Waals surface area contributed by atoms with Crippen LogP contribution in [0.5, 0.6) is 0 Å². The third-order valence-electron chi connectivity index (χ3n) is 14.7. The Hall–Kier alpha value is -9.66.